The fourth-order valence-corrected chi connectivity index (χ4v) is 2.58. The van der Waals surface area contributed by atoms with Crippen LogP contribution in [0.15, 0.2) is 0 Å². The number of rotatable bonds is 4. The normalized spacial score (nSPS) is 32.1. The molecule has 106 valence electrons. The Morgan fingerprint density at radius 3 is 2.56 bits per heavy atom. The summed E-state index contributed by atoms with van der Waals surface area (Å²) >= 11 is 0. The lowest BCUT2D eigenvalue weighted by atomic mass is 9.75. The van der Waals surface area contributed by atoms with Gasteiger partial charge in [-0.2, -0.15) is 0 Å². The number of aliphatic hydroxyl groups is 2. The van der Waals surface area contributed by atoms with Crippen LogP contribution in [0.2, 0.25) is 0 Å². The summed E-state index contributed by atoms with van der Waals surface area (Å²) in [7, 11) is 0. The van der Waals surface area contributed by atoms with Crippen molar-refractivity contribution in [1.29, 1.82) is 0 Å². The number of carbonyl (C=O) groups excluding carboxylic acids is 1. The van der Waals surface area contributed by atoms with Crippen LogP contribution in [0.4, 0.5) is 0 Å². The van der Waals surface area contributed by atoms with E-state index < -0.39 is 18.2 Å². The third-order valence-corrected chi connectivity index (χ3v) is 3.97. The number of esters is 1. The predicted molar refractivity (Wildman–Crippen MR) is 68.9 cm³/mol. The van der Waals surface area contributed by atoms with Crippen LogP contribution in [-0.4, -0.2) is 34.5 Å². The van der Waals surface area contributed by atoms with Crippen molar-refractivity contribution in [3.8, 4) is 0 Å². The highest BCUT2D eigenvalue weighted by Gasteiger charge is 2.38. The van der Waals surface area contributed by atoms with Crippen LogP contribution in [-0.2, 0) is 9.53 Å². The van der Waals surface area contributed by atoms with Gasteiger partial charge in [-0.1, -0.05) is 27.2 Å². The molecule has 18 heavy (non-hydrogen) atoms. The van der Waals surface area contributed by atoms with E-state index in [4.69, 9.17) is 9.84 Å². The molecular weight excluding hydrogens is 232 g/mol. The quantitative estimate of drug-likeness (QED) is 0.754. The summed E-state index contributed by atoms with van der Waals surface area (Å²) in [6.45, 7) is 7.09. The van der Waals surface area contributed by atoms with Crippen molar-refractivity contribution in [2.24, 2.45) is 17.8 Å². The highest BCUT2D eigenvalue weighted by molar-refractivity contribution is 5.79. The molecule has 0 radical (unpaired) electrons. The van der Waals surface area contributed by atoms with Crippen molar-refractivity contribution in [3.05, 3.63) is 0 Å². The van der Waals surface area contributed by atoms with Crippen LogP contribution in [0.1, 0.15) is 47.0 Å². The van der Waals surface area contributed by atoms with E-state index in [9.17, 15) is 9.90 Å². The lowest BCUT2D eigenvalue weighted by molar-refractivity contribution is -0.179. The third-order valence-electron chi connectivity index (χ3n) is 3.97. The van der Waals surface area contributed by atoms with E-state index in [-0.39, 0.29) is 6.10 Å². The van der Waals surface area contributed by atoms with Crippen LogP contribution in [0, 0.1) is 17.8 Å². The van der Waals surface area contributed by atoms with Crippen molar-refractivity contribution < 1.29 is 19.7 Å². The zero-order valence-electron chi connectivity index (χ0n) is 11.8. The van der Waals surface area contributed by atoms with E-state index in [0.29, 0.717) is 17.8 Å². The third kappa shape index (κ3) is 3.69. The summed E-state index contributed by atoms with van der Waals surface area (Å²) in [6.07, 6.45) is 2.92. The molecule has 0 unspecified atom stereocenters. The minimum atomic E-state index is -1.79. The molecule has 0 aromatic carbocycles. The number of aliphatic hydroxyl groups excluding tert-OH is 1. The maximum Gasteiger partial charge on any atom is 0.340 e. The van der Waals surface area contributed by atoms with Crippen LogP contribution in [0.25, 0.3) is 0 Å². The van der Waals surface area contributed by atoms with Gasteiger partial charge in [-0.15, -0.1) is 0 Å². The molecule has 1 fully saturated rings. The van der Waals surface area contributed by atoms with Gasteiger partial charge >= 0.3 is 5.97 Å². The second-order valence-corrected chi connectivity index (χ2v) is 6.20. The van der Waals surface area contributed by atoms with Gasteiger partial charge in [0.25, 0.3) is 0 Å². The van der Waals surface area contributed by atoms with Gasteiger partial charge in [0, 0.05) is 0 Å². The molecule has 1 aliphatic carbocycles. The van der Waals surface area contributed by atoms with Crippen LogP contribution < -0.4 is 0 Å². The van der Waals surface area contributed by atoms with Crippen LogP contribution in [0.5, 0.6) is 0 Å². The molecule has 1 rings (SSSR count). The number of carbonyl (C=O) groups is 1. The molecule has 2 N–H and O–H groups in total. The molecule has 1 aliphatic rings. The van der Waals surface area contributed by atoms with E-state index >= 15 is 0 Å². The molecule has 0 aromatic heterocycles. The summed E-state index contributed by atoms with van der Waals surface area (Å²) < 4.78 is 5.44. The van der Waals surface area contributed by atoms with Gasteiger partial charge in [0.15, 0.2) is 5.60 Å². The minimum Gasteiger partial charge on any atom is -0.460 e. The average Bonchev–Trinajstić information content (AvgIpc) is 2.28. The first-order valence-electron chi connectivity index (χ1n) is 6.82. The molecule has 0 bridgehead atoms. The Balaban J connectivity index is 2.69. The van der Waals surface area contributed by atoms with Crippen molar-refractivity contribution in [3.63, 3.8) is 0 Å². The van der Waals surface area contributed by atoms with E-state index in [1.54, 1.807) is 0 Å². The van der Waals surface area contributed by atoms with E-state index in [0.717, 1.165) is 19.3 Å². The smallest absolute Gasteiger partial charge is 0.340 e. The van der Waals surface area contributed by atoms with Gasteiger partial charge < -0.3 is 14.9 Å². The minimum absolute atomic E-state index is 0.140. The fraction of sp³-hybridized carbons (Fsp3) is 0.929. The maximum absolute atomic E-state index is 11.8. The molecule has 4 atom stereocenters. The number of hydrogen-bond acceptors (Lipinski definition) is 4. The van der Waals surface area contributed by atoms with Gasteiger partial charge in [0.1, 0.15) is 6.10 Å². The van der Waals surface area contributed by atoms with E-state index in [1.165, 1.54) is 6.92 Å². The Kier molecular flexibility index (Phi) is 5.17. The van der Waals surface area contributed by atoms with Crippen LogP contribution >= 0.6 is 0 Å². The molecule has 1 saturated carbocycles. The summed E-state index contributed by atoms with van der Waals surface area (Å²) in [4.78, 5) is 11.8. The van der Waals surface area contributed by atoms with Gasteiger partial charge in [0.2, 0.25) is 0 Å². The zero-order chi connectivity index (χ0) is 13.9. The van der Waals surface area contributed by atoms with Crippen molar-refractivity contribution in [1.82, 2.24) is 0 Å². The van der Waals surface area contributed by atoms with Crippen molar-refractivity contribution in [2.75, 3.05) is 6.61 Å². The molecule has 0 spiro atoms. The van der Waals surface area contributed by atoms with Crippen LogP contribution in [0.3, 0.4) is 0 Å². The molecular formula is C14H26O4. The first-order valence-corrected chi connectivity index (χ1v) is 6.82. The Hall–Kier alpha value is -0.610. The second-order valence-electron chi connectivity index (χ2n) is 6.20. The maximum atomic E-state index is 11.8. The lowest BCUT2D eigenvalue weighted by Crippen LogP contribution is -2.45. The monoisotopic (exact) mass is 258 g/mol. The first-order chi connectivity index (χ1) is 8.27. The second kappa shape index (κ2) is 6.02. The van der Waals surface area contributed by atoms with Crippen molar-refractivity contribution in [2.45, 2.75) is 58.7 Å². The molecule has 4 heteroatoms. The van der Waals surface area contributed by atoms with E-state index in [2.05, 4.69) is 20.8 Å². The van der Waals surface area contributed by atoms with Gasteiger partial charge in [-0.05, 0) is 37.5 Å². The highest BCUT2D eigenvalue weighted by Crippen LogP contribution is 2.35. The lowest BCUT2D eigenvalue weighted by Gasteiger charge is -2.37. The SMILES string of the molecule is CC(C)[C@@H]1CC[C@@H](C)C[C@H]1OC(=O)[C@@](C)(O)CO. The fourth-order valence-electron chi connectivity index (χ4n) is 2.58. The molecule has 0 heterocycles. The Morgan fingerprint density at radius 2 is 2.06 bits per heavy atom. The standard InChI is InChI=1S/C14H26O4/c1-9(2)11-6-5-10(3)7-12(11)18-13(16)14(4,17)8-15/h9-12,15,17H,5-8H2,1-4H3/t10-,11+,12-,14+/m1/s1. The summed E-state index contributed by atoms with van der Waals surface area (Å²) in [5.74, 6) is 0.626. The molecule has 4 nitrogen and oxygen atoms in total. The summed E-state index contributed by atoms with van der Waals surface area (Å²) in [6, 6.07) is 0. The summed E-state index contributed by atoms with van der Waals surface area (Å²) in [5.41, 5.74) is -1.79. The largest absolute Gasteiger partial charge is 0.460 e. The molecule has 0 saturated heterocycles. The van der Waals surface area contributed by atoms with E-state index in [1.807, 2.05) is 0 Å². The van der Waals surface area contributed by atoms with Gasteiger partial charge in [-0.25, -0.2) is 4.79 Å². The topological polar surface area (TPSA) is 66.8 Å². The van der Waals surface area contributed by atoms with Crippen molar-refractivity contribution >= 4 is 5.97 Å². The zero-order valence-corrected chi connectivity index (χ0v) is 11.8. The van der Waals surface area contributed by atoms with Gasteiger partial charge in [0.05, 0.1) is 6.61 Å². The Bertz CT molecular complexity index is 286. The number of ether oxygens (including phenoxy) is 1. The molecule has 0 aromatic rings. The van der Waals surface area contributed by atoms with Gasteiger partial charge in [-0.3, -0.25) is 0 Å². The summed E-state index contributed by atoms with van der Waals surface area (Å²) in [5, 5.41) is 18.7. The molecule has 0 amide bonds. The predicted octanol–water partition coefficient (Wildman–Crippen LogP) is 1.73. The Morgan fingerprint density at radius 1 is 1.44 bits per heavy atom. The highest BCUT2D eigenvalue weighted by atomic mass is 16.6. The number of hydrogen-bond donors (Lipinski definition) is 2. The molecule has 0 aliphatic heterocycles. The average molecular weight is 258 g/mol. The first kappa shape index (κ1) is 15.4. The Labute approximate surface area is 109 Å².